The Morgan fingerprint density at radius 2 is 2.38 bits per heavy atom. The zero-order valence-electron chi connectivity index (χ0n) is 8.31. The molecule has 2 aromatic rings. The van der Waals surface area contributed by atoms with E-state index < -0.39 is 0 Å². The number of hydrogen-bond donors (Lipinski definition) is 1. The molecule has 0 bridgehead atoms. The standard InChI is InChI=1S/C11H9BrN2OS/c12-8-5-10(16-7-8)11(15)14-6-9-3-1-2-4-13-9/h1-5,7H,6H2,(H,14,15). The number of pyridine rings is 1. The minimum Gasteiger partial charge on any atom is -0.346 e. The zero-order chi connectivity index (χ0) is 11.4. The molecule has 2 heterocycles. The van der Waals surface area contributed by atoms with Gasteiger partial charge in [-0.1, -0.05) is 6.07 Å². The van der Waals surface area contributed by atoms with Crippen LogP contribution in [0.15, 0.2) is 40.3 Å². The summed E-state index contributed by atoms with van der Waals surface area (Å²) < 4.78 is 0.931. The maximum absolute atomic E-state index is 11.7. The summed E-state index contributed by atoms with van der Waals surface area (Å²) in [6.45, 7) is 0.454. The van der Waals surface area contributed by atoms with Crippen LogP contribution < -0.4 is 5.32 Å². The van der Waals surface area contributed by atoms with Crippen molar-refractivity contribution in [3.8, 4) is 0 Å². The highest BCUT2D eigenvalue weighted by atomic mass is 79.9. The second-order valence-corrected chi connectivity index (χ2v) is 4.96. The number of carbonyl (C=O) groups excluding carboxylic acids is 1. The lowest BCUT2D eigenvalue weighted by molar-refractivity contribution is 0.0954. The van der Waals surface area contributed by atoms with Crippen molar-refractivity contribution in [2.75, 3.05) is 0 Å². The van der Waals surface area contributed by atoms with E-state index in [0.29, 0.717) is 11.4 Å². The molecule has 0 unspecified atom stereocenters. The van der Waals surface area contributed by atoms with Crippen LogP contribution in [0.2, 0.25) is 0 Å². The smallest absolute Gasteiger partial charge is 0.261 e. The zero-order valence-corrected chi connectivity index (χ0v) is 10.7. The Kier molecular flexibility index (Phi) is 3.69. The summed E-state index contributed by atoms with van der Waals surface area (Å²) in [5.74, 6) is -0.0682. The highest BCUT2D eigenvalue weighted by molar-refractivity contribution is 9.10. The first-order valence-electron chi connectivity index (χ1n) is 4.68. The monoisotopic (exact) mass is 296 g/mol. The second kappa shape index (κ2) is 5.23. The number of rotatable bonds is 3. The van der Waals surface area contributed by atoms with Gasteiger partial charge in [0, 0.05) is 16.0 Å². The second-order valence-electron chi connectivity index (χ2n) is 3.13. The summed E-state index contributed by atoms with van der Waals surface area (Å²) in [5.41, 5.74) is 0.853. The lowest BCUT2D eigenvalue weighted by atomic mass is 10.3. The molecule has 0 aliphatic carbocycles. The number of hydrogen-bond acceptors (Lipinski definition) is 3. The summed E-state index contributed by atoms with van der Waals surface area (Å²) in [5, 5.41) is 4.70. The van der Waals surface area contributed by atoms with Crippen LogP contribution in [0.4, 0.5) is 0 Å². The van der Waals surface area contributed by atoms with Gasteiger partial charge in [0.15, 0.2) is 0 Å². The Balaban J connectivity index is 1.94. The summed E-state index contributed by atoms with van der Waals surface area (Å²) in [4.78, 5) is 16.5. The van der Waals surface area contributed by atoms with Gasteiger partial charge in [-0.3, -0.25) is 9.78 Å². The fraction of sp³-hybridized carbons (Fsp3) is 0.0909. The van der Waals surface area contributed by atoms with Gasteiger partial charge >= 0.3 is 0 Å². The van der Waals surface area contributed by atoms with Crippen LogP contribution in [0.1, 0.15) is 15.4 Å². The molecule has 1 amide bonds. The first-order chi connectivity index (χ1) is 7.75. The summed E-state index contributed by atoms with van der Waals surface area (Å²) in [6.07, 6.45) is 1.71. The molecule has 16 heavy (non-hydrogen) atoms. The molecule has 2 rings (SSSR count). The van der Waals surface area contributed by atoms with E-state index in [1.54, 1.807) is 12.3 Å². The quantitative estimate of drug-likeness (QED) is 0.946. The number of aromatic nitrogens is 1. The average molecular weight is 297 g/mol. The van der Waals surface area contributed by atoms with Crippen molar-refractivity contribution < 1.29 is 4.79 Å². The average Bonchev–Trinajstić information content (AvgIpc) is 2.74. The van der Waals surface area contributed by atoms with Crippen molar-refractivity contribution in [1.29, 1.82) is 0 Å². The van der Waals surface area contributed by atoms with Crippen molar-refractivity contribution in [2.45, 2.75) is 6.54 Å². The van der Waals surface area contributed by atoms with E-state index >= 15 is 0 Å². The Morgan fingerprint density at radius 1 is 1.50 bits per heavy atom. The Bertz CT molecular complexity index is 484. The molecule has 0 saturated heterocycles. The van der Waals surface area contributed by atoms with E-state index in [-0.39, 0.29) is 5.91 Å². The molecule has 0 spiro atoms. The van der Waals surface area contributed by atoms with Crippen LogP contribution in [0.5, 0.6) is 0 Å². The summed E-state index contributed by atoms with van der Waals surface area (Å²) >= 11 is 4.73. The third kappa shape index (κ3) is 2.90. The maximum Gasteiger partial charge on any atom is 0.261 e. The van der Waals surface area contributed by atoms with Crippen LogP contribution in [0, 0.1) is 0 Å². The topological polar surface area (TPSA) is 42.0 Å². The van der Waals surface area contributed by atoms with Crippen LogP contribution >= 0.6 is 27.3 Å². The fourth-order valence-corrected chi connectivity index (χ4v) is 2.54. The molecule has 0 aliphatic rings. The van der Waals surface area contributed by atoms with Crippen LogP contribution in [0.25, 0.3) is 0 Å². The van der Waals surface area contributed by atoms with Gasteiger partial charge in [-0.25, -0.2) is 0 Å². The maximum atomic E-state index is 11.7. The lowest BCUT2D eigenvalue weighted by Gasteiger charge is -2.02. The minimum atomic E-state index is -0.0682. The van der Waals surface area contributed by atoms with Gasteiger partial charge in [-0.15, -0.1) is 11.3 Å². The number of thiophene rings is 1. The third-order valence-electron chi connectivity index (χ3n) is 1.95. The van der Waals surface area contributed by atoms with Gasteiger partial charge in [0.1, 0.15) is 0 Å². The summed E-state index contributed by atoms with van der Waals surface area (Å²) in [7, 11) is 0. The van der Waals surface area contributed by atoms with Crippen molar-refractivity contribution >= 4 is 33.2 Å². The molecule has 0 saturated carbocycles. The molecular weight excluding hydrogens is 288 g/mol. The van der Waals surface area contributed by atoms with Crippen LogP contribution in [-0.2, 0) is 6.54 Å². The van der Waals surface area contributed by atoms with Gasteiger partial charge < -0.3 is 5.32 Å². The SMILES string of the molecule is O=C(NCc1ccccn1)c1cc(Br)cs1. The molecule has 0 aromatic carbocycles. The number of nitrogens with zero attached hydrogens (tertiary/aromatic N) is 1. The van der Waals surface area contributed by atoms with E-state index in [2.05, 4.69) is 26.2 Å². The van der Waals surface area contributed by atoms with E-state index in [1.807, 2.05) is 23.6 Å². The fourth-order valence-electron chi connectivity index (χ4n) is 1.19. The Morgan fingerprint density at radius 3 is 3.00 bits per heavy atom. The molecule has 2 aromatic heterocycles. The predicted molar refractivity (Wildman–Crippen MR) is 67.4 cm³/mol. The molecule has 0 fully saturated rings. The minimum absolute atomic E-state index is 0.0682. The molecule has 5 heteroatoms. The van der Waals surface area contributed by atoms with Gasteiger partial charge in [0.05, 0.1) is 17.1 Å². The van der Waals surface area contributed by atoms with Crippen molar-refractivity contribution in [3.05, 3.63) is 50.9 Å². The molecule has 0 atom stereocenters. The van der Waals surface area contributed by atoms with Gasteiger partial charge in [-0.2, -0.15) is 0 Å². The molecule has 0 aliphatic heterocycles. The normalized spacial score (nSPS) is 10.1. The van der Waals surface area contributed by atoms with E-state index in [9.17, 15) is 4.79 Å². The number of nitrogens with one attached hydrogen (secondary N) is 1. The Hall–Kier alpha value is -1.20. The van der Waals surface area contributed by atoms with Crippen LogP contribution in [-0.4, -0.2) is 10.9 Å². The largest absolute Gasteiger partial charge is 0.346 e. The number of amides is 1. The highest BCUT2D eigenvalue weighted by Crippen LogP contribution is 2.19. The van der Waals surface area contributed by atoms with Crippen molar-refractivity contribution in [2.24, 2.45) is 0 Å². The first kappa shape index (κ1) is 11.3. The predicted octanol–water partition coefficient (Wildman–Crippen LogP) is 2.84. The van der Waals surface area contributed by atoms with E-state index in [4.69, 9.17) is 0 Å². The first-order valence-corrected chi connectivity index (χ1v) is 6.35. The third-order valence-corrected chi connectivity index (χ3v) is 3.64. The molecule has 0 radical (unpaired) electrons. The molecule has 82 valence electrons. The van der Waals surface area contributed by atoms with Crippen LogP contribution in [0.3, 0.4) is 0 Å². The lowest BCUT2D eigenvalue weighted by Crippen LogP contribution is -2.22. The van der Waals surface area contributed by atoms with Crippen molar-refractivity contribution in [1.82, 2.24) is 10.3 Å². The van der Waals surface area contributed by atoms with Crippen molar-refractivity contribution in [3.63, 3.8) is 0 Å². The van der Waals surface area contributed by atoms with E-state index in [0.717, 1.165) is 10.2 Å². The summed E-state index contributed by atoms with van der Waals surface area (Å²) in [6, 6.07) is 7.43. The molecule has 1 N–H and O–H groups in total. The number of halogens is 1. The van der Waals surface area contributed by atoms with Gasteiger partial charge in [0.2, 0.25) is 0 Å². The molecule has 3 nitrogen and oxygen atoms in total. The number of carbonyl (C=O) groups is 1. The Labute approximate surface area is 106 Å². The van der Waals surface area contributed by atoms with E-state index in [1.165, 1.54) is 11.3 Å². The van der Waals surface area contributed by atoms with Gasteiger partial charge in [0.25, 0.3) is 5.91 Å². The molecular formula is C11H9BrN2OS. The highest BCUT2D eigenvalue weighted by Gasteiger charge is 2.07. The van der Waals surface area contributed by atoms with Gasteiger partial charge in [-0.05, 0) is 34.1 Å².